The second-order valence-electron chi connectivity index (χ2n) is 6.83. The fourth-order valence-electron chi connectivity index (χ4n) is 3.44. The summed E-state index contributed by atoms with van der Waals surface area (Å²) in [6, 6.07) is 16.0. The maximum atomic E-state index is 13.2. The molecular formula is C23H17F3N2O3. The summed E-state index contributed by atoms with van der Waals surface area (Å²) in [5, 5.41) is 2.45. The predicted octanol–water partition coefficient (Wildman–Crippen LogP) is 5.73. The van der Waals surface area contributed by atoms with Gasteiger partial charge in [-0.15, -0.1) is 0 Å². The van der Waals surface area contributed by atoms with Crippen LogP contribution in [0.15, 0.2) is 66.7 Å². The number of para-hydroxylation sites is 2. The maximum absolute atomic E-state index is 13.2. The van der Waals surface area contributed by atoms with E-state index in [0.29, 0.717) is 23.7 Å². The summed E-state index contributed by atoms with van der Waals surface area (Å²) >= 11 is 0. The maximum Gasteiger partial charge on any atom is 0.417 e. The molecule has 0 saturated heterocycles. The zero-order valence-corrected chi connectivity index (χ0v) is 16.4. The van der Waals surface area contributed by atoms with Crippen molar-refractivity contribution >= 4 is 23.2 Å². The number of benzene rings is 3. The van der Waals surface area contributed by atoms with Crippen molar-refractivity contribution in [3.8, 4) is 11.5 Å². The quantitative estimate of drug-likeness (QED) is 0.582. The van der Waals surface area contributed by atoms with E-state index in [1.165, 1.54) is 35.2 Å². The Hall–Kier alpha value is -3.81. The van der Waals surface area contributed by atoms with E-state index >= 15 is 0 Å². The van der Waals surface area contributed by atoms with Gasteiger partial charge in [0.25, 0.3) is 11.8 Å². The van der Waals surface area contributed by atoms with Gasteiger partial charge in [-0.2, -0.15) is 13.2 Å². The van der Waals surface area contributed by atoms with Crippen LogP contribution in [0.4, 0.5) is 24.5 Å². The summed E-state index contributed by atoms with van der Waals surface area (Å²) in [7, 11) is 0. The third-order valence-electron chi connectivity index (χ3n) is 4.88. The van der Waals surface area contributed by atoms with Gasteiger partial charge >= 0.3 is 6.18 Å². The number of amides is 2. The Morgan fingerprint density at radius 2 is 1.71 bits per heavy atom. The van der Waals surface area contributed by atoms with Gasteiger partial charge in [0.15, 0.2) is 5.75 Å². The number of carbonyl (C=O) groups excluding carboxylic acids is 2. The van der Waals surface area contributed by atoms with Crippen LogP contribution >= 0.6 is 0 Å². The molecule has 0 bridgehead atoms. The Bertz CT molecular complexity index is 1170. The standard InChI is InChI=1S/C23H17F3N2O3/c1-2-28-18-9-5-6-10-20(18)31-19-12-11-14(13-16(19)22(28)30)27-21(29)15-7-3-4-8-17(15)23(24,25)26/h3-13H,2H2,1H3,(H,27,29). The zero-order valence-electron chi connectivity index (χ0n) is 16.4. The van der Waals surface area contributed by atoms with Crippen LogP contribution in [-0.4, -0.2) is 18.4 Å². The van der Waals surface area contributed by atoms with E-state index in [1.54, 1.807) is 24.3 Å². The first-order valence-electron chi connectivity index (χ1n) is 9.50. The average molecular weight is 426 g/mol. The largest absolute Gasteiger partial charge is 0.454 e. The summed E-state index contributed by atoms with van der Waals surface area (Å²) in [5.74, 6) is -0.464. The van der Waals surface area contributed by atoms with Crippen molar-refractivity contribution in [2.75, 3.05) is 16.8 Å². The van der Waals surface area contributed by atoms with E-state index in [0.717, 1.165) is 12.1 Å². The van der Waals surface area contributed by atoms with Gasteiger partial charge < -0.3 is 15.0 Å². The highest BCUT2D eigenvalue weighted by Gasteiger charge is 2.35. The smallest absolute Gasteiger partial charge is 0.417 e. The van der Waals surface area contributed by atoms with E-state index in [-0.39, 0.29) is 17.2 Å². The fraction of sp³-hybridized carbons (Fsp3) is 0.130. The van der Waals surface area contributed by atoms with Crippen LogP contribution in [-0.2, 0) is 6.18 Å². The van der Waals surface area contributed by atoms with Gasteiger partial charge in [-0.05, 0) is 49.4 Å². The molecule has 0 aliphatic carbocycles. The molecule has 3 aromatic rings. The van der Waals surface area contributed by atoms with Crippen molar-refractivity contribution in [2.24, 2.45) is 0 Å². The molecule has 5 nitrogen and oxygen atoms in total. The monoisotopic (exact) mass is 426 g/mol. The van der Waals surface area contributed by atoms with Gasteiger partial charge in [-0.1, -0.05) is 24.3 Å². The number of rotatable bonds is 3. The molecule has 8 heteroatoms. The van der Waals surface area contributed by atoms with Crippen molar-refractivity contribution in [1.82, 2.24) is 0 Å². The molecule has 1 heterocycles. The number of hydrogen-bond acceptors (Lipinski definition) is 3. The lowest BCUT2D eigenvalue weighted by Gasteiger charge is -2.20. The van der Waals surface area contributed by atoms with Gasteiger partial charge in [0.2, 0.25) is 0 Å². The highest BCUT2D eigenvalue weighted by molar-refractivity contribution is 6.11. The first-order chi connectivity index (χ1) is 14.8. The number of alkyl halides is 3. The lowest BCUT2D eigenvalue weighted by Crippen LogP contribution is -2.29. The molecular weight excluding hydrogens is 409 g/mol. The van der Waals surface area contributed by atoms with Crippen LogP contribution in [0.1, 0.15) is 33.2 Å². The molecule has 0 saturated carbocycles. The normalized spacial score (nSPS) is 13.0. The Kier molecular flexibility index (Phi) is 5.14. The van der Waals surface area contributed by atoms with Crippen molar-refractivity contribution in [3.05, 3.63) is 83.4 Å². The minimum Gasteiger partial charge on any atom is -0.454 e. The first-order valence-corrected chi connectivity index (χ1v) is 9.50. The van der Waals surface area contributed by atoms with Crippen LogP contribution in [0.5, 0.6) is 11.5 Å². The van der Waals surface area contributed by atoms with E-state index in [2.05, 4.69) is 5.32 Å². The second kappa shape index (κ2) is 7.79. The Labute approximate surface area is 176 Å². The number of nitrogens with zero attached hydrogens (tertiary/aromatic N) is 1. The molecule has 0 atom stereocenters. The lowest BCUT2D eigenvalue weighted by molar-refractivity contribution is -0.137. The number of ether oxygens (including phenoxy) is 1. The molecule has 0 spiro atoms. The third-order valence-corrected chi connectivity index (χ3v) is 4.88. The summed E-state index contributed by atoms with van der Waals surface area (Å²) in [6.45, 7) is 2.20. The Balaban J connectivity index is 1.68. The van der Waals surface area contributed by atoms with Gasteiger partial charge in [0.1, 0.15) is 5.75 Å². The van der Waals surface area contributed by atoms with Gasteiger partial charge in [0, 0.05) is 12.2 Å². The van der Waals surface area contributed by atoms with Crippen LogP contribution in [0.3, 0.4) is 0 Å². The van der Waals surface area contributed by atoms with Crippen LogP contribution < -0.4 is 15.0 Å². The summed E-state index contributed by atoms with van der Waals surface area (Å²) in [6.07, 6.45) is -4.67. The highest BCUT2D eigenvalue weighted by atomic mass is 19.4. The van der Waals surface area contributed by atoms with Gasteiger partial charge in [-0.3, -0.25) is 9.59 Å². The molecule has 3 aromatic carbocycles. The molecule has 0 aromatic heterocycles. The van der Waals surface area contributed by atoms with E-state index in [1.807, 2.05) is 6.92 Å². The van der Waals surface area contributed by atoms with Gasteiger partial charge in [0.05, 0.1) is 22.4 Å². The summed E-state index contributed by atoms with van der Waals surface area (Å²) < 4.78 is 45.6. The molecule has 31 heavy (non-hydrogen) atoms. The molecule has 2 amide bonds. The summed E-state index contributed by atoms with van der Waals surface area (Å²) in [4.78, 5) is 27.2. The van der Waals surface area contributed by atoms with Crippen LogP contribution in [0, 0.1) is 0 Å². The number of anilines is 2. The fourth-order valence-corrected chi connectivity index (χ4v) is 3.44. The molecule has 4 rings (SSSR count). The molecule has 1 N–H and O–H groups in total. The third kappa shape index (κ3) is 3.84. The molecule has 1 aliphatic rings. The molecule has 0 unspecified atom stereocenters. The predicted molar refractivity (Wildman–Crippen MR) is 110 cm³/mol. The number of hydrogen-bond donors (Lipinski definition) is 1. The average Bonchev–Trinajstić information content (AvgIpc) is 2.87. The molecule has 0 fully saturated rings. The highest BCUT2D eigenvalue weighted by Crippen LogP contribution is 2.39. The van der Waals surface area contributed by atoms with Crippen LogP contribution in [0.2, 0.25) is 0 Å². The SMILES string of the molecule is CCN1C(=O)c2cc(NC(=O)c3ccccc3C(F)(F)F)ccc2Oc2ccccc21. The topological polar surface area (TPSA) is 58.6 Å². The van der Waals surface area contributed by atoms with Crippen molar-refractivity contribution in [1.29, 1.82) is 0 Å². The number of nitrogens with one attached hydrogen (secondary N) is 1. The molecule has 1 aliphatic heterocycles. The second-order valence-corrected chi connectivity index (χ2v) is 6.83. The Morgan fingerprint density at radius 3 is 2.45 bits per heavy atom. The lowest BCUT2D eigenvalue weighted by atomic mass is 10.1. The first kappa shape index (κ1) is 20.5. The van der Waals surface area contributed by atoms with Crippen molar-refractivity contribution in [2.45, 2.75) is 13.1 Å². The van der Waals surface area contributed by atoms with Crippen LogP contribution in [0.25, 0.3) is 0 Å². The van der Waals surface area contributed by atoms with E-state index in [4.69, 9.17) is 4.74 Å². The van der Waals surface area contributed by atoms with Gasteiger partial charge in [-0.25, -0.2) is 0 Å². The Morgan fingerprint density at radius 1 is 1.00 bits per heavy atom. The number of fused-ring (bicyclic) bond motifs is 2. The minimum absolute atomic E-state index is 0.180. The summed E-state index contributed by atoms with van der Waals surface area (Å²) in [5.41, 5.74) is -0.556. The van der Waals surface area contributed by atoms with E-state index in [9.17, 15) is 22.8 Å². The number of halogens is 3. The molecule has 0 radical (unpaired) electrons. The molecule has 158 valence electrons. The zero-order chi connectivity index (χ0) is 22.2. The minimum atomic E-state index is -4.67. The van der Waals surface area contributed by atoms with Crippen molar-refractivity contribution in [3.63, 3.8) is 0 Å². The van der Waals surface area contributed by atoms with Crippen molar-refractivity contribution < 1.29 is 27.5 Å². The van der Waals surface area contributed by atoms with E-state index < -0.39 is 23.2 Å². The number of carbonyl (C=O) groups is 2.